The van der Waals surface area contributed by atoms with Crippen LogP contribution >= 0.6 is 38.5 Å². The smallest absolute Gasteiger partial charge is 0.255 e. The summed E-state index contributed by atoms with van der Waals surface area (Å²) in [5.74, 6) is -0.315. The quantitative estimate of drug-likeness (QED) is 0.753. The molecule has 0 aliphatic heterocycles. The molecule has 18 heavy (non-hydrogen) atoms. The van der Waals surface area contributed by atoms with E-state index in [4.69, 9.17) is 0 Å². The van der Waals surface area contributed by atoms with Gasteiger partial charge in [-0.25, -0.2) is 0 Å². The maximum Gasteiger partial charge on any atom is 0.255 e. The van der Waals surface area contributed by atoms with Crippen molar-refractivity contribution in [2.45, 2.75) is 6.92 Å². The molecule has 0 fully saturated rings. The lowest BCUT2D eigenvalue weighted by Gasteiger charge is -2.17. The van der Waals surface area contributed by atoms with Gasteiger partial charge in [0.1, 0.15) is 0 Å². The number of rotatable bonds is 4. The highest BCUT2D eigenvalue weighted by Gasteiger charge is 2.17. The third kappa shape index (κ3) is 4.24. The molecule has 0 heterocycles. The third-order valence-corrected chi connectivity index (χ3v) is 3.69. The Morgan fingerprint density at radius 3 is 2.72 bits per heavy atom. The molecule has 98 valence electrons. The van der Waals surface area contributed by atoms with E-state index in [1.54, 1.807) is 13.1 Å². The van der Waals surface area contributed by atoms with Crippen molar-refractivity contribution in [3.8, 4) is 0 Å². The van der Waals surface area contributed by atoms with Gasteiger partial charge in [-0.2, -0.15) is 0 Å². The number of hydrogen-bond donors (Lipinski definition) is 1. The minimum Gasteiger partial charge on any atom is -0.355 e. The van der Waals surface area contributed by atoms with E-state index < -0.39 is 0 Å². The molecular weight excluding hydrogens is 411 g/mol. The molecule has 2 amide bonds. The van der Waals surface area contributed by atoms with Crippen LogP contribution in [0.1, 0.15) is 17.3 Å². The van der Waals surface area contributed by atoms with Crippen molar-refractivity contribution in [2.24, 2.45) is 0 Å². The van der Waals surface area contributed by atoms with Gasteiger partial charge in [0.05, 0.1) is 12.1 Å². The summed E-state index contributed by atoms with van der Waals surface area (Å²) in [7, 11) is 1.62. The van der Waals surface area contributed by atoms with E-state index in [2.05, 4.69) is 43.8 Å². The van der Waals surface area contributed by atoms with E-state index in [1.165, 1.54) is 4.90 Å². The van der Waals surface area contributed by atoms with Crippen LogP contribution < -0.4 is 5.32 Å². The molecule has 6 heteroatoms. The van der Waals surface area contributed by atoms with Gasteiger partial charge < -0.3 is 10.2 Å². The third-order valence-electron chi connectivity index (χ3n) is 2.26. The Kier molecular flexibility index (Phi) is 6.07. The first-order chi connectivity index (χ1) is 8.45. The van der Waals surface area contributed by atoms with E-state index >= 15 is 0 Å². The second-order valence-corrected chi connectivity index (χ2v) is 5.82. The molecule has 0 atom stereocenters. The highest BCUT2D eigenvalue weighted by Crippen LogP contribution is 2.19. The Balaban J connectivity index is 2.80. The van der Waals surface area contributed by atoms with Gasteiger partial charge in [-0.3, -0.25) is 9.59 Å². The van der Waals surface area contributed by atoms with Crippen molar-refractivity contribution >= 4 is 50.3 Å². The predicted molar refractivity (Wildman–Crippen MR) is 82.5 cm³/mol. The zero-order valence-corrected chi connectivity index (χ0v) is 13.9. The second kappa shape index (κ2) is 7.08. The lowest BCUT2D eigenvalue weighted by atomic mass is 10.2. The first-order valence-corrected chi connectivity index (χ1v) is 7.30. The van der Waals surface area contributed by atoms with Crippen molar-refractivity contribution in [3.63, 3.8) is 0 Å². The zero-order chi connectivity index (χ0) is 13.7. The van der Waals surface area contributed by atoms with Crippen LogP contribution in [0.4, 0.5) is 0 Å². The Morgan fingerprint density at radius 2 is 2.11 bits per heavy atom. The minimum absolute atomic E-state index is 0.0647. The summed E-state index contributed by atoms with van der Waals surface area (Å²) in [6.07, 6.45) is 0. The van der Waals surface area contributed by atoms with E-state index in [9.17, 15) is 9.59 Å². The Hall–Kier alpha value is -0.630. The van der Waals surface area contributed by atoms with Gasteiger partial charge >= 0.3 is 0 Å². The van der Waals surface area contributed by atoms with Gasteiger partial charge in [0.25, 0.3) is 5.91 Å². The molecule has 0 saturated carbocycles. The SMILES string of the molecule is CCNC(=O)CN(C)C(=O)c1cc(Br)ccc1I. The lowest BCUT2D eigenvalue weighted by Crippen LogP contribution is -2.38. The number of carbonyl (C=O) groups excluding carboxylic acids is 2. The minimum atomic E-state index is -0.160. The monoisotopic (exact) mass is 424 g/mol. The fourth-order valence-electron chi connectivity index (χ4n) is 1.41. The molecule has 0 radical (unpaired) electrons. The Morgan fingerprint density at radius 1 is 1.44 bits per heavy atom. The van der Waals surface area contributed by atoms with E-state index in [-0.39, 0.29) is 18.4 Å². The van der Waals surface area contributed by atoms with Crippen LogP contribution in [0, 0.1) is 3.57 Å². The average molecular weight is 425 g/mol. The average Bonchev–Trinajstić information content (AvgIpc) is 2.31. The lowest BCUT2D eigenvalue weighted by molar-refractivity contribution is -0.121. The fraction of sp³-hybridized carbons (Fsp3) is 0.333. The number of nitrogens with one attached hydrogen (secondary N) is 1. The molecule has 4 nitrogen and oxygen atoms in total. The van der Waals surface area contributed by atoms with Crippen LogP contribution in [-0.4, -0.2) is 36.9 Å². The summed E-state index contributed by atoms with van der Waals surface area (Å²) in [4.78, 5) is 25.0. The van der Waals surface area contributed by atoms with Crippen molar-refractivity contribution in [3.05, 3.63) is 31.8 Å². The number of hydrogen-bond acceptors (Lipinski definition) is 2. The van der Waals surface area contributed by atoms with Crippen molar-refractivity contribution < 1.29 is 9.59 Å². The van der Waals surface area contributed by atoms with Crippen LogP contribution in [0.5, 0.6) is 0 Å². The summed E-state index contributed by atoms with van der Waals surface area (Å²) in [5.41, 5.74) is 0.594. The number of carbonyl (C=O) groups is 2. The van der Waals surface area contributed by atoms with Gasteiger partial charge in [0.2, 0.25) is 5.91 Å². The molecule has 0 spiro atoms. The predicted octanol–water partition coefficient (Wildman–Crippen LogP) is 2.26. The van der Waals surface area contributed by atoms with Crippen molar-refractivity contribution in [1.82, 2.24) is 10.2 Å². The van der Waals surface area contributed by atoms with E-state index in [0.29, 0.717) is 12.1 Å². The molecule has 0 saturated heterocycles. The number of amides is 2. The number of nitrogens with zero attached hydrogens (tertiary/aromatic N) is 1. The molecule has 0 unspecified atom stereocenters. The van der Waals surface area contributed by atoms with Gasteiger partial charge in [0.15, 0.2) is 0 Å². The number of halogens is 2. The summed E-state index contributed by atoms with van der Waals surface area (Å²) < 4.78 is 1.71. The van der Waals surface area contributed by atoms with Crippen LogP contribution in [-0.2, 0) is 4.79 Å². The summed E-state index contributed by atoms with van der Waals surface area (Å²) >= 11 is 5.44. The van der Waals surface area contributed by atoms with Gasteiger partial charge in [-0.1, -0.05) is 15.9 Å². The topological polar surface area (TPSA) is 49.4 Å². The van der Waals surface area contributed by atoms with E-state index in [1.807, 2.05) is 19.1 Å². The largest absolute Gasteiger partial charge is 0.355 e. The zero-order valence-electron chi connectivity index (χ0n) is 10.2. The summed E-state index contributed by atoms with van der Waals surface area (Å²) in [5, 5.41) is 2.66. The van der Waals surface area contributed by atoms with Crippen LogP contribution in [0.25, 0.3) is 0 Å². The summed E-state index contributed by atoms with van der Waals surface area (Å²) in [6.45, 7) is 2.47. The van der Waals surface area contributed by atoms with Crippen LogP contribution in [0.15, 0.2) is 22.7 Å². The highest BCUT2D eigenvalue weighted by atomic mass is 127. The van der Waals surface area contributed by atoms with Gasteiger partial charge in [0, 0.05) is 21.6 Å². The molecule has 1 rings (SSSR count). The highest BCUT2D eigenvalue weighted by molar-refractivity contribution is 14.1. The molecule has 0 aliphatic rings. The second-order valence-electron chi connectivity index (χ2n) is 3.74. The Labute approximate surface area is 128 Å². The van der Waals surface area contributed by atoms with Gasteiger partial charge in [-0.05, 0) is 47.7 Å². The first kappa shape index (κ1) is 15.4. The van der Waals surface area contributed by atoms with Gasteiger partial charge in [-0.15, -0.1) is 0 Å². The number of likely N-dealkylation sites (N-methyl/N-ethyl adjacent to an activating group) is 2. The fourth-order valence-corrected chi connectivity index (χ4v) is 2.33. The molecule has 0 aromatic heterocycles. The standard InChI is InChI=1S/C12H14BrIN2O2/c1-3-15-11(17)7-16(2)12(18)9-6-8(13)4-5-10(9)14/h4-6H,3,7H2,1-2H3,(H,15,17). The van der Waals surface area contributed by atoms with Crippen LogP contribution in [0.2, 0.25) is 0 Å². The maximum absolute atomic E-state index is 12.2. The van der Waals surface area contributed by atoms with E-state index in [0.717, 1.165) is 8.04 Å². The maximum atomic E-state index is 12.2. The molecule has 0 aliphatic carbocycles. The molecule has 1 N–H and O–H groups in total. The summed E-state index contributed by atoms with van der Waals surface area (Å²) in [6, 6.07) is 5.50. The molecule has 0 bridgehead atoms. The molecular formula is C12H14BrIN2O2. The van der Waals surface area contributed by atoms with Crippen molar-refractivity contribution in [2.75, 3.05) is 20.1 Å². The first-order valence-electron chi connectivity index (χ1n) is 5.43. The molecule has 1 aromatic rings. The Bertz CT molecular complexity index is 465. The number of benzene rings is 1. The van der Waals surface area contributed by atoms with Crippen LogP contribution in [0.3, 0.4) is 0 Å². The molecule has 1 aromatic carbocycles. The van der Waals surface area contributed by atoms with Crippen molar-refractivity contribution in [1.29, 1.82) is 0 Å². The normalized spacial score (nSPS) is 10.0.